The third kappa shape index (κ3) is 3.68. The van der Waals surface area contributed by atoms with Gasteiger partial charge >= 0.3 is 0 Å². The highest BCUT2D eigenvalue weighted by molar-refractivity contribution is 5.41. The Morgan fingerprint density at radius 1 is 1.09 bits per heavy atom. The summed E-state index contributed by atoms with van der Waals surface area (Å²) >= 11 is 0. The maximum absolute atomic E-state index is 10.3. The highest BCUT2D eigenvalue weighted by Gasteiger charge is 2.47. The lowest BCUT2D eigenvalue weighted by Crippen LogP contribution is -2.61. The van der Waals surface area contributed by atoms with E-state index < -0.39 is 30.7 Å². The Hall–Kier alpha value is -1.38. The Labute approximate surface area is 129 Å². The third-order valence-electron chi connectivity index (χ3n) is 3.63. The van der Waals surface area contributed by atoms with Gasteiger partial charge in [-0.1, -0.05) is 0 Å². The van der Waals surface area contributed by atoms with Crippen LogP contribution in [-0.2, 0) is 18.9 Å². The van der Waals surface area contributed by atoms with E-state index in [0.717, 1.165) is 0 Å². The number of hydrogen-bond donors (Lipinski definition) is 2. The van der Waals surface area contributed by atoms with Crippen molar-refractivity contribution in [1.29, 1.82) is 0 Å². The van der Waals surface area contributed by atoms with E-state index in [1.165, 1.54) is 21.3 Å². The fourth-order valence-corrected chi connectivity index (χ4v) is 2.49. The van der Waals surface area contributed by atoms with E-state index in [-0.39, 0.29) is 6.61 Å². The molecular formula is C15H23NO6. The highest BCUT2D eigenvalue weighted by Crippen LogP contribution is 2.28. The summed E-state index contributed by atoms with van der Waals surface area (Å²) in [7, 11) is 4.56. The number of methoxy groups -OCH3 is 3. The lowest BCUT2D eigenvalue weighted by atomic mass is 9.99. The summed E-state index contributed by atoms with van der Waals surface area (Å²) in [6, 6.07) is 6.94. The zero-order chi connectivity index (χ0) is 16.1. The summed E-state index contributed by atoms with van der Waals surface area (Å²) in [5.74, 6) is 0.587. The Morgan fingerprint density at radius 2 is 1.73 bits per heavy atom. The summed E-state index contributed by atoms with van der Waals surface area (Å²) in [6.07, 6.45) is -3.34. The molecule has 7 nitrogen and oxygen atoms in total. The number of aliphatic hydroxyl groups excluding tert-OH is 1. The smallest absolute Gasteiger partial charge is 0.229 e. The molecule has 1 heterocycles. The molecule has 0 bridgehead atoms. The summed E-state index contributed by atoms with van der Waals surface area (Å²) in [6.45, 7) is 0.221. The first-order chi connectivity index (χ1) is 10.6. The number of nitrogen functional groups attached to an aromatic ring is 1. The van der Waals surface area contributed by atoms with E-state index in [0.29, 0.717) is 11.4 Å². The molecule has 1 aliphatic heterocycles. The number of benzene rings is 1. The quantitative estimate of drug-likeness (QED) is 0.735. The molecule has 0 saturated carbocycles. The van der Waals surface area contributed by atoms with Crippen LogP contribution in [0.15, 0.2) is 24.3 Å². The Balaban J connectivity index is 2.16. The lowest BCUT2D eigenvalue weighted by molar-refractivity contribution is -0.288. The van der Waals surface area contributed by atoms with Crippen LogP contribution >= 0.6 is 0 Å². The molecule has 1 fully saturated rings. The molecule has 2 rings (SSSR count). The van der Waals surface area contributed by atoms with Gasteiger partial charge in [0, 0.05) is 27.0 Å². The number of ether oxygens (including phenoxy) is 5. The molecule has 3 N–H and O–H groups in total. The molecule has 22 heavy (non-hydrogen) atoms. The SMILES string of the molecule is COCC1OC(Oc2ccc(N)cc2)C(OC)C(OC)C1O. The monoisotopic (exact) mass is 313 g/mol. The normalized spacial score (nSPS) is 31.9. The lowest BCUT2D eigenvalue weighted by Gasteiger charge is -2.42. The Morgan fingerprint density at radius 3 is 2.27 bits per heavy atom. The van der Waals surface area contributed by atoms with E-state index in [1.807, 2.05) is 0 Å². The molecule has 0 amide bonds. The van der Waals surface area contributed by atoms with Crippen molar-refractivity contribution in [3.8, 4) is 5.75 Å². The molecule has 0 spiro atoms. The molecule has 0 radical (unpaired) electrons. The molecule has 5 atom stereocenters. The molecule has 1 aliphatic rings. The van der Waals surface area contributed by atoms with Crippen molar-refractivity contribution < 1.29 is 28.8 Å². The maximum atomic E-state index is 10.3. The van der Waals surface area contributed by atoms with Gasteiger partial charge in [-0.15, -0.1) is 0 Å². The fraction of sp³-hybridized carbons (Fsp3) is 0.600. The van der Waals surface area contributed by atoms with Gasteiger partial charge in [0.15, 0.2) is 0 Å². The fourth-order valence-electron chi connectivity index (χ4n) is 2.49. The predicted molar refractivity (Wildman–Crippen MR) is 79.6 cm³/mol. The predicted octanol–water partition coefficient (Wildman–Crippen LogP) is 0.410. The molecular weight excluding hydrogens is 290 g/mol. The van der Waals surface area contributed by atoms with Gasteiger partial charge in [-0.05, 0) is 24.3 Å². The van der Waals surface area contributed by atoms with Crippen LogP contribution in [0.1, 0.15) is 0 Å². The van der Waals surface area contributed by atoms with Crippen LogP contribution in [0.5, 0.6) is 5.75 Å². The molecule has 1 saturated heterocycles. The number of hydrogen-bond acceptors (Lipinski definition) is 7. The maximum Gasteiger partial charge on any atom is 0.229 e. The molecule has 5 unspecified atom stereocenters. The van der Waals surface area contributed by atoms with Crippen LogP contribution < -0.4 is 10.5 Å². The zero-order valence-corrected chi connectivity index (χ0v) is 13.0. The Bertz CT molecular complexity index is 454. The average molecular weight is 313 g/mol. The van der Waals surface area contributed by atoms with Crippen LogP contribution in [0.25, 0.3) is 0 Å². The van der Waals surface area contributed by atoms with Gasteiger partial charge in [0.1, 0.15) is 30.2 Å². The van der Waals surface area contributed by atoms with Crippen molar-refractivity contribution in [3.63, 3.8) is 0 Å². The van der Waals surface area contributed by atoms with Gasteiger partial charge in [-0.25, -0.2) is 0 Å². The van der Waals surface area contributed by atoms with E-state index in [1.54, 1.807) is 24.3 Å². The first-order valence-corrected chi connectivity index (χ1v) is 7.01. The molecule has 1 aromatic rings. The van der Waals surface area contributed by atoms with Gasteiger partial charge < -0.3 is 34.5 Å². The van der Waals surface area contributed by atoms with Crippen LogP contribution in [0.2, 0.25) is 0 Å². The van der Waals surface area contributed by atoms with Gasteiger partial charge in [-0.3, -0.25) is 0 Å². The largest absolute Gasteiger partial charge is 0.462 e. The zero-order valence-electron chi connectivity index (χ0n) is 13.0. The van der Waals surface area contributed by atoms with E-state index >= 15 is 0 Å². The standard InChI is InChI=1S/C15H23NO6/c1-18-8-11-12(17)13(19-2)14(20-3)15(22-11)21-10-6-4-9(16)5-7-10/h4-7,11-15,17H,8,16H2,1-3H3. The minimum absolute atomic E-state index is 0.221. The topological polar surface area (TPSA) is 92.4 Å². The van der Waals surface area contributed by atoms with Crippen molar-refractivity contribution in [3.05, 3.63) is 24.3 Å². The van der Waals surface area contributed by atoms with Crippen molar-refractivity contribution in [1.82, 2.24) is 0 Å². The molecule has 1 aromatic carbocycles. The second-order valence-electron chi connectivity index (χ2n) is 5.08. The third-order valence-corrected chi connectivity index (χ3v) is 3.63. The van der Waals surface area contributed by atoms with Crippen LogP contribution in [0, 0.1) is 0 Å². The van der Waals surface area contributed by atoms with Crippen molar-refractivity contribution in [2.75, 3.05) is 33.7 Å². The second-order valence-corrected chi connectivity index (χ2v) is 5.08. The van der Waals surface area contributed by atoms with Crippen molar-refractivity contribution in [2.45, 2.75) is 30.7 Å². The number of aliphatic hydroxyl groups is 1. The first kappa shape index (κ1) is 17.0. The van der Waals surface area contributed by atoms with Crippen LogP contribution in [-0.4, -0.2) is 63.7 Å². The minimum Gasteiger partial charge on any atom is -0.462 e. The second kappa shape index (κ2) is 7.75. The summed E-state index contributed by atoms with van der Waals surface area (Å²) in [5, 5.41) is 10.3. The molecule has 0 aliphatic carbocycles. The summed E-state index contributed by atoms with van der Waals surface area (Å²) < 4.78 is 27.4. The van der Waals surface area contributed by atoms with Gasteiger partial charge in [0.2, 0.25) is 6.29 Å². The summed E-state index contributed by atoms with van der Waals surface area (Å²) in [5.41, 5.74) is 6.30. The van der Waals surface area contributed by atoms with Crippen molar-refractivity contribution >= 4 is 5.69 Å². The number of nitrogens with two attached hydrogens (primary N) is 1. The summed E-state index contributed by atoms with van der Waals surface area (Å²) in [4.78, 5) is 0. The first-order valence-electron chi connectivity index (χ1n) is 7.01. The minimum atomic E-state index is -0.874. The molecule has 7 heteroatoms. The number of anilines is 1. The average Bonchev–Trinajstić information content (AvgIpc) is 2.52. The van der Waals surface area contributed by atoms with Gasteiger partial charge in [0.05, 0.1) is 6.61 Å². The van der Waals surface area contributed by atoms with Crippen molar-refractivity contribution in [2.24, 2.45) is 0 Å². The van der Waals surface area contributed by atoms with Crippen LogP contribution in [0.4, 0.5) is 5.69 Å². The van der Waals surface area contributed by atoms with Crippen LogP contribution in [0.3, 0.4) is 0 Å². The van der Waals surface area contributed by atoms with E-state index in [9.17, 15) is 5.11 Å². The molecule has 124 valence electrons. The molecule has 0 aromatic heterocycles. The van der Waals surface area contributed by atoms with E-state index in [4.69, 9.17) is 29.4 Å². The van der Waals surface area contributed by atoms with E-state index in [2.05, 4.69) is 0 Å². The number of rotatable bonds is 6. The van der Waals surface area contributed by atoms with Gasteiger partial charge in [0.25, 0.3) is 0 Å². The Kier molecular flexibility index (Phi) is 5.98. The van der Waals surface area contributed by atoms with Gasteiger partial charge in [-0.2, -0.15) is 0 Å². The highest BCUT2D eigenvalue weighted by atomic mass is 16.7.